The number of hydrogen-bond donors (Lipinski definition) is 1. The van der Waals surface area contributed by atoms with Crippen LogP contribution in [0.4, 0.5) is 10.1 Å². The van der Waals surface area contributed by atoms with Gasteiger partial charge in [-0.1, -0.05) is 30.3 Å². The predicted molar refractivity (Wildman–Crippen MR) is 139 cm³/mol. The van der Waals surface area contributed by atoms with Crippen LogP contribution >= 0.6 is 0 Å². The van der Waals surface area contributed by atoms with Gasteiger partial charge in [-0.25, -0.2) is 9.37 Å². The number of hydrogen-bond acceptors (Lipinski definition) is 5. The second-order valence-electron chi connectivity index (χ2n) is 8.65. The van der Waals surface area contributed by atoms with Crippen molar-refractivity contribution in [2.24, 2.45) is 7.05 Å². The van der Waals surface area contributed by atoms with Crippen LogP contribution in [0, 0.1) is 17.1 Å². The summed E-state index contributed by atoms with van der Waals surface area (Å²) in [6.45, 7) is 6.01. The highest BCUT2D eigenvalue weighted by molar-refractivity contribution is 5.60. The summed E-state index contributed by atoms with van der Waals surface area (Å²) in [5.74, 6) is 0.757. The Morgan fingerprint density at radius 1 is 1.08 bits per heavy atom. The smallest absolute Gasteiger partial charge is 0.171 e. The molecule has 1 heterocycles. The van der Waals surface area contributed by atoms with Gasteiger partial charge in [0.15, 0.2) is 11.6 Å². The van der Waals surface area contributed by atoms with Crippen molar-refractivity contribution in [3.05, 3.63) is 95.7 Å². The summed E-state index contributed by atoms with van der Waals surface area (Å²) >= 11 is 0. The lowest BCUT2D eigenvalue weighted by molar-refractivity contribution is 0.228. The molecule has 1 unspecified atom stereocenters. The third kappa shape index (κ3) is 5.49. The highest BCUT2D eigenvalue weighted by Gasteiger charge is 2.27. The van der Waals surface area contributed by atoms with Gasteiger partial charge in [0.05, 0.1) is 30.0 Å². The van der Waals surface area contributed by atoms with Crippen molar-refractivity contribution in [3.63, 3.8) is 0 Å². The van der Waals surface area contributed by atoms with Gasteiger partial charge in [-0.15, -0.1) is 0 Å². The number of aryl methyl sites for hydroxylation is 1. The molecule has 184 valence electrons. The molecule has 0 aliphatic carbocycles. The minimum absolute atomic E-state index is 0.120. The molecule has 0 aliphatic heterocycles. The average Bonchev–Trinajstić information content (AvgIpc) is 3.26. The SMILES string of the molecule is CCOc1cc(OC(C)C)c(F)c(C(Nc2ccc(C#N)cc2)c2nc(-c3ccccc3)cn2C)c1. The fraction of sp³-hybridized carbons (Fsp3) is 0.241. The van der Waals surface area contributed by atoms with E-state index >= 15 is 4.39 Å². The Kier molecular flexibility index (Phi) is 7.55. The average molecular weight is 485 g/mol. The number of nitriles is 1. The van der Waals surface area contributed by atoms with E-state index < -0.39 is 11.9 Å². The van der Waals surface area contributed by atoms with Crippen LogP contribution in [-0.4, -0.2) is 22.3 Å². The van der Waals surface area contributed by atoms with Gasteiger partial charge in [0, 0.05) is 36.1 Å². The van der Waals surface area contributed by atoms with Crippen LogP contribution in [0.5, 0.6) is 11.5 Å². The molecule has 3 aromatic carbocycles. The maximum Gasteiger partial charge on any atom is 0.171 e. The zero-order valence-corrected chi connectivity index (χ0v) is 20.8. The Hall–Kier alpha value is -4.31. The molecule has 0 spiro atoms. The standard InChI is InChI=1S/C29H29FN4O2/c1-5-35-23-15-24(27(30)26(16-23)36-19(2)3)28(32-22-13-11-20(17-31)12-14-22)29-33-25(18-34(29)4)21-9-7-6-8-10-21/h6-16,18-19,28,32H,5H2,1-4H3. The summed E-state index contributed by atoms with van der Waals surface area (Å²) < 4.78 is 29.4. The minimum Gasteiger partial charge on any atom is -0.494 e. The first-order chi connectivity index (χ1) is 17.4. The van der Waals surface area contributed by atoms with Crippen molar-refractivity contribution >= 4 is 5.69 Å². The Morgan fingerprint density at radius 3 is 2.44 bits per heavy atom. The number of nitrogens with zero attached hydrogens (tertiary/aromatic N) is 3. The van der Waals surface area contributed by atoms with E-state index in [0.717, 1.165) is 16.9 Å². The molecule has 0 aliphatic rings. The molecule has 0 bridgehead atoms. The van der Waals surface area contributed by atoms with Crippen LogP contribution in [0.25, 0.3) is 11.3 Å². The van der Waals surface area contributed by atoms with E-state index in [1.165, 1.54) is 0 Å². The first kappa shape index (κ1) is 24.8. The van der Waals surface area contributed by atoms with Gasteiger partial charge in [-0.3, -0.25) is 0 Å². The van der Waals surface area contributed by atoms with Crippen molar-refractivity contribution < 1.29 is 13.9 Å². The molecule has 7 heteroatoms. The molecule has 0 amide bonds. The van der Waals surface area contributed by atoms with Crippen molar-refractivity contribution in [3.8, 4) is 28.8 Å². The summed E-state index contributed by atoms with van der Waals surface area (Å²) in [4.78, 5) is 4.89. The van der Waals surface area contributed by atoms with E-state index in [0.29, 0.717) is 29.3 Å². The number of halogens is 1. The molecule has 6 nitrogen and oxygen atoms in total. The van der Waals surface area contributed by atoms with Crippen molar-refractivity contribution in [1.29, 1.82) is 5.26 Å². The number of imidazole rings is 1. The summed E-state index contributed by atoms with van der Waals surface area (Å²) in [6.07, 6.45) is 1.71. The van der Waals surface area contributed by atoms with E-state index in [2.05, 4.69) is 11.4 Å². The zero-order valence-electron chi connectivity index (χ0n) is 20.8. The number of anilines is 1. The third-order valence-corrected chi connectivity index (χ3v) is 5.59. The zero-order chi connectivity index (χ0) is 25.7. The van der Waals surface area contributed by atoms with Crippen LogP contribution in [0.3, 0.4) is 0 Å². The summed E-state index contributed by atoms with van der Waals surface area (Å²) in [6, 6.07) is 21.6. The van der Waals surface area contributed by atoms with E-state index in [4.69, 9.17) is 14.5 Å². The Bertz CT molecular complexity index is 1360. The largest absolute Gasteiger partial charge is 0.494 e. The molecule has 1 atom stereocenters. The van der Waals surface area contributed by atoms with Crippen molar-refractivity contribution in [1.82, 2.24) is 9.55 Å². The van der Waals surface area contributed by atoms with Crippen LogP contribution in [0.15, 0.2) is 72.9 Å². The summed E-state index contributed by atoms with van der Waals surface area (Å²) in [7, 11) is 1.89. The normalized spacial score (nSPS) is 11.7. The Labute approximate surface area is 210 Å². The number of aromatic nitrogens is 2. The van der Waals surface area contributed by atoms with E-state index in [-0.39, 0.29) is 11.9 Å². The van der Waals surface area contributed by atoms with Crippen LogP contribution in [-0.2, 0) is 7.05 Å². The lowest BCUT2D eigenvalue weighted by Crippen LogP contribution is -2.19. The molecule has 36 heavy (non-hydrogen) atoms. The van der Waals surface area contributed by atoms with Gasteiger partial charge >= 0.3 is 0 Å². The molecule has 0 saturated carbocycles. The summed E-state index contributed by atoms with van der Waals surface area (Å²) in [5, 5.41) is 12.6. The monoisotopic (exact) mass is 484 g/mol. The quantitative estimate of drug-likeness (QED) is 0.294. The van der Waals surface area contributed by atoms with Gasteiger partial charge < -0.3 is 19.4 Å². The van der Waals surface area contributed by atoms with Gasteiger partial charge in [0.1, 0.15) is 17.6 Å². The van der Waals surface area contributed by atoms with E-state index in [1.807, 2.05) is 68.9 Å². The molecule has 0 saturated heterocycles. The van der Waals surface area contributed by atoms with Gasteiger partial charge in [-0.2, -0.15) is 5.26 Å². The fourth-order valence-corrected chi connectivity index (χ4v) is 3.98. The Morgan fingerprint density at radius 2 is 1.81 bits per heavy atom. The highest BCUT2D eigenvalue weighted by Crippen LogP contribution is 2.37. The second kappa shape index (κ2) is 11.0. The number of rotatable bonds is 9. The van der Waals surface area contributed by atoms with Crippen LogP contribution < -0.4 is 14.8 Å². The summed E-state index contributed by atoms with van der Waals surface area (Å²) in [5.41, 5.74) is 3.34. The molecule has 4 rings (SSSR count). The van der Waals surface area contributed by atoms with Crippen molar-refractivity contribution in [2.75, 3.05) is 11.9 Å². The highest BCUT2D eigenvalue weighted by atomic mass is 19.1. The molecule has 1 aromatic heterocycles. The second-order valence-corrected chi connectivity index (χ2v) is 8.65. The van der Waals surface area contributed by atoms with Gasteiger partial charge in [0.2, 0.25) is 0 Å². The molecule has 0 fully saturated rings. The lowest BCUT2D eigenvalue weighted by Gasteiger charge is -2.23. The molecule has 1 N–H and O–H groups in total. The van der Waals surface area contributed by atoms with E-state index in [9.17, 15) is 5.26 Å². The number of nitrogens with one attached hydrogen (secondary N) is 1. The number of benzene rings is 3. The van der Waals surface area contributed by atoms with Crippen LogP contribution in [0.1, 0.15) is 43.8 Å². The first-order valence-electron chi connectivity index (χ1n) is 11.9. The van der Waals surface area contributed by atoms with Gasteiger partial charge in [-0.05, 0) is 51.1 Å². The lowest BCUT2D eigenvalue weighted by atomic mass is 10.0. The maximum absolute atomic E-state index is 16.0. The molecule has 0 radical (unpaired) electrons. The fourth-order valence-electron chi connectivity index (χ4n) is 3.98. The Balaban J connectivity index is 1.86. The van der Waals surface area contributed by atoms with Crippen molar-refractivity contribution in [2.45, 2.75) is 32.9 Å². The predicted octanol–water partition coefficient (Wildman–Crippen LogP) is 6.49. The topological polar surface area (TPSA) is 72.1 Å². The van der Waals surface area contributed by atoms with E-state index in [1.54, 1.807) is 36.4 Å². The molecular weight excluding hydrogens is 455 g/mol. The first-order valence-corrected chi connectivity index (χ1v) is 11.9. The maximum atomic E-state index is 16.0. The molecular formula is C29H29FN4O2. The van der Waals surface area contributed by atoms with Gasteiger partial charge in [0.25, 0.3) is 0 Å². The minimum atomic E-state index is -0.671. The molecule has 4 aromatic rings. The van der Waals surface area contributed by atoms with Crippen LogP contribution in [0.2, 0.25) is 0 Å². The number of ether oxygens (including phenoxy) is 2. The third-order valence-electron chi connectivity index (χ3n) is 5.59.